The first kappa shape index (κ1) is 30.4. The van der Waals surface area contributed by atoms with E-state index in [1.165, 1.54) is 4.68 Å². The van der Waals surface area contributed by atoms with Gasteiger partial charge in [0, 0.05) is 38.7 Å². The summed E-state index contributed by atoms with van der Waals surface area (Å²) in [5, 5.41) is 16.1. The summed E-state index contributed by atoms with van der Waals surface area (Å²) in [5.74, 6) is -0.963. The molecule has 0 atom stereocenters. The van der Waals surface area contributed by atoms with Crippen molar-refractivity contribution in [3.8, 4) is 6.07 Å². The fraction of sp³-hybridized carbons (Fsp3) is 0.552. The monoisotopic (exact) mass is 582 g/mol. The summed E-state index contributed by atoms with van der Waals surface area (Å²) >= 11 is 0. The van der Waals surface area contributed by atoms with Crippen LogP contribution in [0, 0.1) is 11.3 Å². The fourth-order valence-corrected chi connectivity index (χ4v) is 7.83. The number of nitrogens with zero attached hydrogens (tertiary/aromatic N) is 4. The molecule has 4 rings (SSSR count). The molecule has 1 fully saturated rings. The van der Waals surface area contributed by atoms with Crippen LogP contribution in [0.1, 0.15) is 91.0 Å². The maximum absolute atomic E-state index is 13.8. The van der Waals surface area contributed by atoms with Gasteiger partial charge in [-0.3, -0.25) is 19.1 Å². The smallest absolute Gasteiger partial charge is 0.272 e. The summed E-state index contributed by atoms with van der Waals surface area (Å²) in [7, 11) is -2.12. The van der Waals surface area contributed by atoms with Gasteiger partial charge >= 0.3 is 0 Å². The van der Waals surface area contributed by atoms with Gasteiger partial charge in [-0.15, -0.1) is 0 Å². The number of rotatable bonds is 11. The SMILES string of the molecule is Cn1nc(C(=O)NCc2ccc(C#N)cc2)c2c1C(=O)N(CC1(S(=O)(=O)C(C)(C)CCC(=O)C(C)(C)N)CC1)CC2. The Labute approximate surface area is 241 Å². The van der Waals surface area contributed by atoms with Crippen molar-refractivity contribution < 1.29 is 22.8 Å². The van der Waals surface area contributed by atoms with Crippen LogP contribution in [0.4, 0.5) is 0 Å². The van der Waals surface area contributed by atoms with Crippen LogP contribution in [0.5, 0.6) is 0 Å². The number of hydrogen-bond acceptors (Lipinski definition) is 8. The summed E-state index contributed by atoms with van der Waals surface area (Å²) in [5.41, 5.74) is 7.20. The highest BCUT2D eigenvalue weighted by Crippen LogP contribution is 2.50. The standard InChI is InChI=1S/C29H38N6O5S/c1-27(2,12-10-22(36)28(3,4)31)41(39,40)29(13-14-29)18-35-15-11-21-23(33-34(5)24(21)26(35)38)25(37)32-17-20-8-6-19(16-30)7-9-20/h6-9H,10-15,17-18,31H2,1-5H3,(H,32,37). The lowest BCUT2D eigenvalue weighted by Gasteiger charge is -2.35. The van der Waals surface area contributed by atoms with E-state index in [4.69, 9.17) is 11.0 Å². The van der Waals surface area contributed by atoms with Crippen molar-refractivity contribution in [2.75, 3.05) is 13.1 Å². The molecule has 1 aromatic carbocycles. The number of carbonyl (C=O) groups excluding carboxylic acids is 3. The molecule has 11 nitrogen and oxygen atoms in total. The lowest BCUT2D eigenvalue weighted by atomic mass is 9.94. The molecule has 2 aromatic rings. The van der Waals surface area contributed by atoms with Crippen LogP contribution in [0.2, 0.25) is 0 Å². The third kappa shape index (κ3) is 5.78. The molecule has 0 bridgehead atoms. The number of amides is 2. The van der Waals surface area contributed by atoms with Crippen molar-refractivity contribution in [3.05, 3.63) is 52.3 Å². The number of hydrogen-bond donors (Lipinski definition) is 2. The lowest BCUT2D eigenvalue weighted by Crippen LogP contribution is -2.51. The number of fused-ring (bicyclic) bond motifs is 1. The maximum Gasteiger partial charge on any atom is 0.272 e. The van der Waals surface area contributed by atoms with E-state index < -0.39 is 30.8 Å². The van der Waals surface area contributed by atoms with Crippen LogP contribution < -0.4 is 11.1 Å². The Bertz CT molecular complexity index is 1520. The average Bonchev–Trinajstić information content (AvgIpc) is 3.63. The van der Waals surface area contributed by atoms with Gasteiger partial charge in [0.05, 0.1) is 26.7 Å². The predicted octanol–water partition coefficient (Wildman–Crippen LogP) is 2.03. The van der Waals surface area contributed by atoms with Crippen molar-refractivity contribution in [3.63, 3.8) is 0 Å². The Morgan fingerprint density at radius 3 is 2.37 bits per heavy atom. The van der Waals surface area contributed by atoms with Crippen LogP contribution in [0.25, 0.3) is 0 Å². The molecule has 1 aromatic heterocycles. The minimum Gasteiger partial charge on any atom is -0.347 e. The first-order valence-electron chi connectivity index (χ1n) is 13.7. The Morgan fingerprint density at radius 2 is 1.80 bits per heavy atom. The van der Waals surface area contributed by atoms with Gasteiger partial charge in [-0.1, -0.05) is 12.1 Å². The van der Waals surface area contributed by atoms with Crippen LogP contribution in [-0.2, 0) is 34.6 Å². The molecule has 12 heteroatoms. The first-order chi connectivity index (χ1) is 19.0. The average molecular weight is 583 g/mol. The van der Waals surface area contributed by atoms with Crippen molar-refractivity contribution in [1.29, 1.82) is 5.26 Å². The number of sulfone groups is 1. The number of nitrogens with two attached hydrogens (primary N) is 1. The summed E-state index contributed by atoms with van der Waals surface area (Å²) in [4.78, 5) is 40.5. The number of nitrogens with one attached hydrogen (secondary N) is 1. The largest absolute Gasteiger partial charge is 0.347 e. The van der Waals surface area contributed by atoms with E-state index in [2.05, 4.69) is 16.5 Å². The summed E-state index contributed by atoms with van der Waals surface area (Å²) < 4.78 is 26.8. The van der Waals surface area contributed by atoms with Crippen LogP contribution in [-0.4, -0.2) is 68.8 Å². The Morgan fingerprint density at radius 1 is 1.17 bits per heavy atom. The number of benzene rings is 1. The van der Waals surface area contributed by atoms with Gasteiger partial charge in [0.25, 0.3) is 11.8 Å². The molecular weight excluding hydrogens is 544 g/mol. The molecule has 2 heterocycles. The topological polar surface area (TPSA) is 168 Å². The van der Waals surface area contributed by atoms with Gasteiger partial charge in [0.1, 0.15) is 5.69 Å². The van der Waals surface area contributed by atoms with E-state index in [0.29, 0.717) is 30.4 Å². The highest BCUT2D eigenvalue weighted by atomic mass is 32.2. The first-order valence-corrected chi connectivity index (χ1v) is 15.2. The molecule has 0 unspecified atom stereocenters. The molecule has 0 spiro atoms. The molecule has 1 aliphatic heterocycles. The number of nitriles is 1. The van der Waals surface area contributed by atoms with Gasteiger partial charge in [0.2, 0.25) is 0 Å². The molecule has 2 amide bonds. The van der Waals surface area contributed by atoms with Crippen molar-refractivity contribution in [2.24, 2.45) is 12.8 Å². The second kappa shape index (κ2) is 10.7. The number of Topliss-reactive ketones (excluding diaryl/α,β-unsaturated/α-hetero) is 1. The van der Waals surface area contributed by atoms with E-state index in [9.17, 15) is 22.8 Å². The van der Waals surface area contributed by atoms with Crippen LogP contribution in [0.3, 0.4) is 0 Å². The second-order valence-corrected chi connectivity index (χ2v) is 15.3. The summed E-state index contributed by atoms with van der Waals surface area (Å²) in [6, 6.07) is 8.91. The number of aryl methyl sites for hydroxylation is 1. The molecule has 3 N–H and O–H groups in total. The van der Waals surface area contributed by atoms with E-state index >= 15 is 0 Å². The highest BCUT2D eigenvalue weighted by molar-refractivity contribution is 7.94. The Hall–Kier alpha value is -3.56. The molecule has 1 saturated carbocycles. The predicted molar refractivity (Wildman–Crippen MR) is 153 cm³/mol. The van der Waals surface area contributed by atoms with E-state index in [-0.39, 0.29) is 55.6 Å². The molecule has 2 aliphatic rings. The van der Waals surface area contributed by atoms with Gasteiger partial charge < -0.3 is 16.0 Å². The third-order valence-electron chi connectivity index (χ3n) is 8.28. The van der Waals surface area contributed by atoms with Crippen molar-refractivity contribution in [1.82, 2.24) is 20.0 Å². The van der Waals surface area contributed by atoms with Crippen molar-refractivity contribution in [2.45, 2.75) is 81.4 Å². The van der Waals surface area contributed by atoms with Crippen molar-refractivity contribution >= 4 is 27.4 Å². The minimum absolute atomic E-state index is 0.0543. The Balaban J connectivity index is 1.46. The second-order valence-electron chi connectivity index (χ2n) is 12.4. The minimum atomic E-state index is -3.72. The number of ketones is 1. The van der Waals surface area contributed by atoms with E-state index in [1.54, 1.807) is 63.9 Å². The van der Waals surface area contributed by atoms with Crippen LogP contribution >= 0.6 is 0 Å². The Kier molecular flexibility index (Phi) is 7.92. The van der Waals surface area contributed by atoms with Gasteiger partial charge in [0.15, 0.2) is 21.3 Å². The fourth-order valence-electron chi connectivity index (χ4n) is 5.32. The normalized spacial score (nSPS) is 16.6. The molecule has 0 saturated heterocycles. The molecule has 1 aliphatic carbocycles. The number of carbonyl (C=O) groups is 3. The van der Waals surface area contributed by atoms with E-state index in [0.717, 1.165) is 5.56 Å². The van der Waals surface area contributed by atoms with Gasteiger partial charge in [-0.25, -0.2) is 8.42 Å². The highest BCUT2D eigenvalue weighted by Gasteiger charge is 2.60. The molecule has 41 heavy (non-hydrogen) atoms. The molecule has 220 valence electrons. The van der Waals surface area contributed by atoms with Gasteiger partial charge in [-0.05, 0) is 71.1 Å². The zero-order valence-corrected chi connectivity index (χ0v) is 25.1. The van der Waals surface area contributed by atoms with Gasteiger partial charge in [-0.2, -0.15) is 10.4 Å². The quantitative estimate of drug-likeness (QED) is 0.406. The summed E-state index contributed by atoms with van der Waals surface area (Å²) in [6.07, 6.45) is 1.47. The lowest BCUT2D eigenvalue weighted by molar-refractivity contribution is -0.123. The molecular formula is C29H38N6O5S. The molecule has 0 radical (unpaired) electrons. The zero-order valence-electron chi connectivity index (χ0n) is 24.3. The summed E-state index contributed by atoms with van der Waals surface area (Å²) in [6.45, 7) is 7.05. The van der Waals surface area contributed by atoms with E-state index in [1.807, 2.05) is 0 Å². The van der Waals surface area contributed by atoms with Crippen LogP contribution in [0.15, 0.2) is 24.3 Å². The maximum atomic E-state index is 13.8. The zero-order chi connectivity index (χ0) is 30.4. The number of aromatic nitrogens is 2. The third-order valence-corrected chi connectivity index (χ3v) is 11.6.